The lowest BCUT2D eigenvalue weighted by Crippen LogP contribution is -2.41. The van der Waals surface area contributed by atoms with Gasteiger partial charge in [-0.15, -0.1) is 0 Å². The summed E-state index contributed by atoms with van der Waals surface area (Å²) in [7, 11) is 0. The number of rotatable bonds is 5. The molecule has 1 atom stereocenters. The molecule has 1 unspecified atom stereocenters. The Balaban J connectivity index is 1.92. The third-order valence-corrected chi connectivity index (χ3v) is 7.33. The molecule has 0 radical (unpaired) electrons. The van der Waals surface area contributed by atoms with E-state index < -0.39 is 0 Å². The summed E-state index contributed by atoms with van der Waals surface area (Å²) in [6.45, 7) is 11.2. The first kappa shape index (κ1) is 26.7. The van der Waals surface area contributed by atoms with Crippen molar-refractivity contribution in [3.05, 3.63) is 29.3 Å². The molecule has 2 amide bonds. The van der Waals surface area contributed by atoms with Gasteiger partial charge in [0.15, 0.2) is 0 Å². The summed E-state index contributed by atoms with van der Waals surface area (Å²) in [5.74, 6) is 0.908. The Morgan fingerprint density at radius 1 is 1.03 bits per heavy atom. The predicted octanol–water partition coefficient (Wildman–Crippen LogP) is 4.70. The lowest BCUT2D eigenvalue weighted by atomic mass is 9.97. The zero-order chi connectivity index (χ0) is 24.5. The molecule has 2 aliphatic heterocycles. The van der Waals surface area contributed by atoms with Crippen LogP contribution in [0.15, 0.2) is 18.2 Å². The Morgan fingerprint density at radius 3 is 2.47 bits per heavy atom. The highest BCUT2D eigenvalue weighted by atomic mass is 16.3. The third-order valence-electron chi connectivity index (χ3n) is 7.33. The highest BCUT2D eigenvalue weighted by Gasteiger charge is 2.26. The summed E-state index contributed by atoms with van der Waals surface area (Å²) in [6.07, 6.45) is 8.83. The number of amides is 2. The van der Waals surface area contributed by atoms with Crippen molar-refractivity contribution >= 4 is 17.5 Å². The molecule has 34 heavy (non-hydrogen) atoms. The first-order valence-corrected chi connectivity index (χ1v) is 13.4. The topological polar surface area (TPSA) is 64.1 Å². The minimum Gasteiger partial charge on any atom is -0.396 e. The van der Waals surface area contributed by atoms with E-state index in [1.807, 2.05) is 28.0 Å². The van der Waals surface area contributed by atoms with Crippen molar-refractivity contribution in [2.45, 2.75) is 78.7 Å². The largest absolute Gasteiger partial charge is 0.396 e. The molecule has 1 N–H and O–H groups in total. The lowest BCUT2D eigenvalue weighted by Gasteiger charge is -2.33. The molecular formula is C28H45N3O3. The predicted molar refractivity (Wildman–Crippen MR) is 138 cm³/mol. The van der Waals surface area contributed by atoms with Crippen molar-refractivity contribution in [2.75, 3.05) is 44.2 Å². The molecule has 6 heteroatoms. The van der Waals surface area contributed by atoms with E-state index >= 15 is 0 Å². The number of hydrogen-bond donors (Lipinski definition) is 1. The number of anilines is 1. The van der Waals surface area contributed by atoms with Crippen molar-refractivity contribution < 1.29 is 14.7 Å². The molecule has 3 rings (SSSR count). The van der Waals surface area contributed by atoms with E-state index in [1.54, 1.807) is 6.92 Å². The van der Waals surface area contributed by atoms with Crippen LogP contribution in [-0.4, -0.2) is 66.1 Å². The van der Waals surface area contributed by atoms with Gasteiger partial charge in [-0.2, -0.15) is 0 Å². The fourth-order valence-corrected chi connectivity index (χ4v) is 5.22. The van der Waals surface area contributed by atoms with E-state index in [2.05, 4.69) is 18.7 Å². The Labute approximate surface area is 206 Å². The average Bonchev–Trinajstić information content (AvgIpc) is 2.82. The van der Waals surface area contributed by atoms with Gasteiger partial charge >= 0.3 is 0 Å². The molecule has 2 heterocycles. The Morgan fingerprint density at radius 2 is 1.76 bits per heavy atom. The van der Waals surface area contributed by atoms with Crippen LogP contribution in [0.5, 0.6) is 0 Å². The van der Waals surface area contributed by atoms with Crippen LogP contribution < -0.4 is 4.90 Å². The van der Waals surface area contributed by atoms with Gasteiger partial charge in [0.25, 0.3) is 5.91 Å². The summed E-state index contributed by atoms with van der Waals surface area (Å²) in [6, 6.07) is 5.91. The number of carbonyl (C=O) groups is 2. The summed E-state index contributed by atoms with van der Waals surface area (Å²) < 4.78 is 0. The molecule has 6 nitrogen and oxygen atoms in total. The maximum atomic E-state index is 13.4. The zero-order valence-electron chi connectivity index (χ0n) is 21.6. The standard InChI is InChI=1S/C28H45N3O3/c1-22(2)13-17-29-14-7-5-4-6-8-16-31(23(3)33)27-12-11-25(18-26(27)20-29)28(34)30-15-9-10-24(19-30)21-32/h11-12,18,22,24,32H,4-10,13-17,19-21H2,1-3H3. The minimum absolute atomic E-state index is 0.0372. The average molecular weight is 472 g/mol. The van der Waals surface area contributed by atoms with Crippen molar-refractivity contribution in [2.24, 2.45) is 11.8 Å². The second-order valence-electron chi connectivity index (χ2n) is 10.7. The molecule has 1 aromatic rings. The molecule has 0 aromatic heterocycles. The Bertz CT molecular complexity index is 810. The van der Waals surface area contributed by atoms with Crippen LogP contribution in [0.2, 0.25) is 0 Å². The number of likely N-dealkylation sites (tertiary alicyclic amines) is 1. The normalized spacial score (nSPS) is 21.0. The molecule has 1 saturated heterocycles. The quantitative estimate of drug-likeness (QED) is 0.676. The van der Waals surface area contributed by atoms with Crippen LogP contribution in [-0.2, 0) is 11.3 Å². The Hall–Kier alpha value is -1.92. The van der Waals surface area contributed by atoms with Gasteiger partial charge in [-0.25, -0.2) is 0 Å². The van der Waals surface area contributed by atoms with Gasteiger partial charge in [-0.1, -0.05) is 33.1 Å². The van der Waals surface area contributed by atoms with E-state index in [0.717, 1.165) is 76.1 Å². The molecule has 190 valence electrons. The van der Waals surface area contributed by atoms with Crippen molar-refractivity contribution in [3.8, 4) is 0 Å². The van der Waals surface area contributed by atoms with Gasteiger partial charge in [-0.05, 0) is 80.8 Å². The number of carbonyl (C=O) groups excluding carboxylic acids is 2. The highest BCUT2D eigenvalue weighted by molar-refractivity contribution is 5.97. The zero-order valence-corrected chi connectivity index (χ0v) is 21.6. The summed E-state index contributed by atoms with van der Waals surface area (Å²) in [4.78, 5) is 32.3. The van der Waals surface area contributed by atoms with E-state index in [1.165, 1.54) is 19.3 Å². The first-order chi connectivity index (χ1) is 16.4. The smallest absolute Gasteiger partial charge is 0.253 e. The molecule has 0 spiro atoms. The van der Waals surface area contributed by atoms with Gasteiger partial charge in [-0.3, -0.25) is 14.5 Å². The van der Waals surface area contributed by atoms with E-state index in [9.17, 15) is 14.7 Å². The molecule has 2 aliphatic rings. The molecule has 0 saturated carbocycles. The number of benzene rings is 1. The lowest BCUT2D eigenvalue weighted by molar-refractivity contribution is -0.116. The van der Waals surface area contributed by atoms with E-state index in [-0.39, 0.29) is 24.3 Å². The number of hydrogen-bond acceptors (Lipinski definition) is 4. The van der Waals surface area contributed by atoms with Crippen LogP contribution in [0.1, 0.15) is 88.1 Å². The second-order valence-corrected chi connectivity index (χ2v) is 10.7. The SMILES string of the molecule is CC(=O)N1CCCCCCCN(CCC(C)C)Cc2cc(C(=O)N3CCCC(CO)C3)ccc21. The molecule has 0 aliphatic carbocycles. The summed E-state index contributed by atoms with van der Waals surface area (Å²) >= 11 is 0. The number of aliphatic hydroxyl groups is 1. The first-order valence-electron chi connectivity index (χ1n) is 13.4. The van der Waals surface area contributed by atoms with Crippen LogP contribution in [0.3, 0.4) is 0 Å². The Kier molecular flexibility index (Phi) is 10.4. The van der Waals surface area contributed by atoms with Crippen LogP contribution in [0.25, 0.3) is 0 Å². The number of fused-ring (bicyclic) bond motifs is 1. The molecular weight excluding hydrogens is 426 g/mol. The van der Waals surface area contributed by atoms with Gasteiger partial charge in [0.1, 0.15) is 0 Å². The van der Waals surface area contributed by atoms with Crippen LogP contribution in [0, 0.1) is 11.8 Å². The number of aliphatic hydroxyl groups excluding tert-OH is 1. The summed E-state index contributed by atoms with van der Waals surface area (Å²) in [5.41, 5.74) is 2.71. The van der Waals surface area contributed by atoms with Gasteiger partial charge in [0.2, 0.25) is 5.91 Å². The maximum Gasteiger partial charge on any atom is 0.253 e. The van der Waals surface area contributed by atoms with Gasteiger partial charge in [0, 0.05) is 51.0 Å². The van der Waals surface area contributed by atoms with Crippen LogP contribution in [0.4, 0.5) is 5.69 Å². The highest BCUT2D eigenvalue weighted by Crippen LogP contribution is 2.28. The molecule has 1 fully saturated rings. The molecule has 0 bridgehead atoms. The van der Waals surface area contributed by atoms with E-state index in [0.29, 0.717) is 18.0 Å². The minimum atomic E-state index is 0.0372. The fourth-order valence-electron chi connectivity index (χ4n) is 5.22. The van der Waals surface area contributed by atoms with Crippen molar-refractivity contribution in [3.63, 3.8) is 0 Å². The third kappa shape index (κ3) is 7.54. The van der Waals surface area contributed by atoms with E-state index in [4.69, 9.17) is 0 Å². The van der Waals surface area contributed by atoms with Crippen molar-refractivity contribution in [1.82, 2.24) is 9.80 Å². The molecule has 1 aromatic carbocycles. The second kappa shape index (κ2) is 13.2. The van der Waals surface area contributed by atoms with Gasteiger partial charge in [0.05, 0.1) is 0 Å². The van der Waals surface area contributed by atoms with Crippen molar-refractivity contribution in [1.29, 1.82) is 0 Å². The van der Waals surface area contributed by atoms with Crippen LogP contribution >= 0.6 is 0 Å². The maximum absolute atomic E-state index is 13.4. The fraction of sp³-hybridized carbons (Fsp3) is 0.714. The van der Waals surface area contributed by atoms with Gasteiger partial charge < -0.3 is 14.9 Å². The number of nitrogens with zero attached hydrogens (tertiary/aromatic N) is 3. The summed E-state index contributed by atoms with van der Waals surface area (Å²) in [5, 5.41) is 9.59. The number of piperidine rings is 1. The monoisotopic (exact) mass is 471 g/mol.